The maximum Gasteiger partial charge on any atom is 0.323 e. The number of hydrogen-bond donors (Lipinski definition) is 2. The van der Waals surface area contributed by atoms with Crippen LogP contribution in [0.15, 0.2) is 64.0 Å². The Bertz CT molecular complexity index is 1330. The molecular weight excluding hydrogens is 534 g/mol. The summed E-state index contributed by atoms with van der Waals surface area (Å²) in [5.74, 6) is -2.37. The van der Waals surface area contributed by atoms with Crippen molar-refractivity contribution in [2.75, 3.05) is 10.0 Å². The Labute approximate surface area is 226 Å². The minimum absolute atomic E-state index is 0.0262. The molecule has 2 N–H and O–H groups in total. The first-order valence-corrected chi connectivity index (χ1v) is 13.7. The average Bonchev–Trinajstić information content (AvgIpc) is 3.22. The van der Waals surface area contributed by atoms with Crippen LogP contribution in [0, 0.1) is 12.8 Å². The highest BCUT2D eigenvalue weighted by atomic mass is 35.5. The van der Waals surface area contributed by atoms with Crippen molar-refractivity contribution in [3.8, 4) is 0 Å². The molecule has 1 atom stereocenters. The zero-order valence-corrected chi connectivity index (χ0v) is 23.2. The summed E-state index contributed by atoms with van der Waals surface area (Å²) in [5, 5.41) is 7.28. The Morgan fingerprint density at radius 2 is 1.47 bits per heavy atom. The first-order chi connectivity index (χ1) is 17.9. The maximum atomic E-state index is 13.1. The monoisotopic (exact) mass is 563 g/mol. The number of carbonyl (C=O) groups is 2. The number of aromatic nitrogens is 1. The van der Waals surface area contributed by atoms with E-state index in [0.29, 0.717) is 22.0 Å². The Morgan fingerprint density at radius 3 is 1.95 bits per heavy atom. The third-order valence-corrected chi connectivity index (χ3v) is 6.75. The summed E-state index contributed by atoms with van der Waals surface area (Å²) in [5.41, 5.74) is 1.02. The highest BCUT2D eigenvalue weighted by Crippen LogP contribution is 2.31. The molecule has 10 nitrogen and oxygen atoms in total. The number of carbonyl (C=O) groups excluding carboxylic acids is 2. The summed E-state index contributed by atoms with van der Waals surface area (Å²) in [6.45, 7) is 8.37. The van der Waals surface area contributed by atoms with Gasteiger partial charge in [-0.15, -0.1) is 0 Å². The lowest BCUT2D eigenvalue weighted by Crippen LogP contribution is -2.38. The van der Waals surface area contributed by atoms with Gasteiger partial charge in [0.05, 0.1) is 23.1 Å². The number of hydrogen-bond acceptors (Lipinski definition) is 9. The summed E-state index contributed by atoms with van der Waals surface area (Å²) in [7, 11) is -3.94. The van der Waals surface area contributed by atoms with Crippen LogP contribution in [0.2, 0.25) is 5.02 Å². The third kappa shape index (κ3) is 7.72. The number of nitrogens with zero attached hydrogens (tertiary/aromatic N) is 1. The summed E-state index contributed by atoms with van der Waals surface area (Å²) in [6.07, 6.45) is -0.929. The molecule has 0 radical (unpaired) electrons. The van der Waals surface area contributed by atoms with E-state index < -0.39 is 46.1 Å². The quantitative estimate of drug-likeness (QED) is 0.241. The topological polar surface area (TPSA) is 137 Å². The van der Waals surface area contributed by atoms with Crippen molar-refractivity contribution < 1.29 is 32.0 Å². The van der Waals surface area contributed by atoms with E-state index in [0.717, 1.165) is 0 Å². The molecular formula is C26H30ClN3O7S. The number of anilines is 2. The van der Waals surface area contributed by atoms with E-state index in [2.05, 4.69) is 15.2 Å². The minimum atomic E-state index is -3.94. The SMILES string of the molecule is Cc1cc(NS(=O)(=O)c2ccc(N[C@H](c3ccc(Cl)cc3)C(C(=O)OC(C)C)C(=O)OC(C)C)cc2)no1. The first-order valence-electron chi connectivity index (χ1n) is 11.8. The van der Waals surface area contributed by atoms with Crippen LogP contribution in [0.5, 0.6) is 0 Å². The smallest absolute Gasteiger partial charge is 0.323 e. The van der Waals surface area contributed by atoms with Crippen molar-refractivity contribution in [2.45, 2.75) is 57.8 Å². The van der Waals surface area contributed by atoms with Crippen LogP contribution < -0.4 is 10.0 Å². The molecule has 204 valence electrons. The van der Waals surface area contributed by atoms with Gasteiger partial charge in [0.2, 0.25) is 0 Å². The van der Waals surface area contributed by atoms with Gasteiger partial charge in [-0.1, -0.05) is 28.9 Å². The summed E-state index contributed by atoms with van der Waals surface area (Å²) in [6, 6.07) is 13.0. The second kappa shape index (κ2) is 12.3. The number of rotatable bonds is 11. The van der Waals surface area contributed by atoms with E-state index in [9.17, 15) is 18.0 Å². The van der Waals surface area contributed by atoms with Crippen molar-refractivity contribution in [3.63, 3.8) is 0 Å². The lowest BCUT2D eigenvalue weighted by molar-refractivity contribution is -0.167. The maximum absolute atomic E-state index is 13.1. The molecule has 0 fully saturated rings. The van der Waals surface area contributed by atoms with Crippen LogP contribution in [0.3, 0.4) is 0 Å². The van der Waals surface area contributed by atoms with Crippen molar-refractivity contribution in [2.24, 2.45) is 5.92 Å². The van der Waals surface area contributed by atoms with Crippen LogP contribution in [0.1, 0.15) is 45.1 Å². The molecule has 0 aliphatic carbocycles. The van der Waals surface area contributed by atoms with Gasteiger partial charge < -0.3 is 19.3 Å². The number of ether oxygens (including phenoxy) is 2. The number of aryl methyl sites for hydroxylation is 1. The molecule has 12 heteroatoms. The normalized spacial score (nSPS) is 12.4. The van der Waals surface area contributed by atoms with E-state index in [-0.39, 0.29) is 10.7 Å². The van der Waals surface area contributed by atoms with Crippen molar-refractivity contribution in [3.05, 3.63) is 70.9 Å². The summed E-state index contributed by atoms with van der Waals surface area (Å²) < 4.78 is 43.5. The van der Waals surface area contributed by atoms with E-state index in [1.165, 1.54) is 30.3 Å². The van der Waals surface area contributed by atoms with E-state index in [4.69, 9.17) is 25.6 Å². The van der Waals surface area contributed by atoms with Crippen LogP contribution in [0.25, 0.3) is 0 Å². The lowest BCUT2D eigenvalue weighted by atomic mass is 9.92. The second-order valence-electron chi connectivity index (χ2n) is 9.08. The molecule has 2 aromatic carbocycles. The molecule has 1 heterocycles. The highest BCUT2D eigenvalue weighted by Gasteiger charge is 2.39. The van der Waals surface area contributed by atoms with Gasteiger partial charge in [-0.05, 0) is 76.6 Å². The summed E-state index contributed by atoms with van der Waals surface area (Å²) in [4.78, 5) is 26.2. The van der Waals surface area contributed by atoms with Crippen molar-refractivity contribution in [1.82, 2.24) is 5.16 Å². The zero-order valence-electron chi connectivity index (χ0n) is 21.6. The molecule has 0 spiro atoms. The minimum Gasteiger partial charge on any atom is -0.462 e. The molecule has 38 heavy (non-hydrogen) atoms. The van der Waals surface area contributed by atoms with E-state index in [1.807, 2.05) is 0 Å². The predicted octanol–water partition coefficient (Wildman–Crippen LogP) is 5.11. The average molecular weight is 564 g/mol. The van der Waals surface area contributed by atoms with Crippen LogP contribution in [0.4, 0.5) is 11.5 Å². The molecule has 0 unspecified atom stereocenters. The molecule has 0 bridgehead atoms. The largest absolute Gasteiger partial charge is 0.462 e. The Morgan fingerprint density at radius 1 is 0.921 bits per heavy atom. The molecule has 3 rings (SSSR count). The predicted molar refractivity (Wildman–Crippen MR) is 142 cm³/mol. The van der Waals surface area contributed by atoms with Crippen LogP contribution >= 0.6 is 11.6 Å². The van der Waals surface area contributed by atoms with Gasteiger partial charge in [-0.3, -0.25) is 14.3 Å². The summed E-state index contributed by atoms with van der Waals surface area (Å²) >= 11 is 6.06. The van der Waals surface area contributed by atoms with Gasteiger partial charge in [0, 0.05) is 16.8 Å². The zero-order chi connectivity index (χ0) is 28.0. The lowest BCUT2D eigenvalue weighted by Gasteiger charge is -2.28. The molecule has 0 aliphatic heterocycles. The molecule has 0 saturated carbocycles. The van der Waals surface area contributed by atoms with E-state index >= 15 is 0 Å². The second-order valence-corrected chi connectivity index (χ2v) is 11.2. The number of benzene rings is 2. The van der Waals surface area contributed by atoms with Gasteiger partial charge >= 0.3 is 11.9 Å². The van der Waals surface area contributed by atoms with Crippen LogP contribution in [-0.2, 0) is 29.1 Å². The van der Waals surface area contributed by atoms with Gasteiger partial charge in [0.1, 0.15) is 5.76 Å². The van der Waals surface area contributed by atoms with Crippen molar-refractivity contribution >= 4 is 45.1 Å². The fourth-order valence-electron chi connectivity index (χ4n) is 3.53. The third-order valence-electron chi connectivity index (χ3n) is 5.13. The molecule has 1 aromatic heterocycles. The highest BCUT2D eigenvalue weighted by molar-refractivity contribution is 7.92. The Balaban J connectivity index is 1.95. The molecule has 0 saturated heterocycles. The van der Waals surface area contributed by atoms with Crippen molar-refractivity contribution in [1.29, 1.82) is 0 Å². The Kier molecular flexibility index (Phi) is 9.40. The fourth-order valence-corrected chi connectivity index (χ4v) is 4.64. The fraction of sp³-hybridized carbons (Fsp3) is 0.346. The number of halogens is 1. The first kappa shape index (κ1) is 29.0. The molecule has 0 aliphatic rings. The number of sulfonamides is 1. The van der Waals surface area contributed by atoms with Gasteiger partial charge in [-0.25, -0.2) is 8.42 Å². The Hall–Kier alpha value is -3.57. The molecule has 3 aromatic rings. The van der Waals surface area contributed by atoms with Gasteiger partial charge in [0.25, 0.3) is 10.0 Å². The van der Waals surface area contributed by atoms with Crippen LogP contribution in [-0.4, -0.2) is 37.7 Å². The van der Waals surface area contributed by atoms with Gasteiger partial charge in [-0.2, -0.15) is 0 Å². The number of nitrogens with one attached hydrogen (secondary N) is 2. The molecule has 0 amide bonds. The van der Waals surface area contributed by atoms with E-state index in [1.54, 1.807) is 58.9 Å². The van der Waals surface area contributed by atoms with Gasteiger partial charge in [0.15, 0.2) is 11.7 Å². The standard InChI is InChI=1S/C26H30ClN3O7S/c1-15(2)35-25(31)23(26(32)36-16(3)4)24(18-6-8-19(27)9-7-18)28-20-10-12-21(13-11-20)38(33,34)30-22-14-17(5)37-29-22/h6-16,23-24,28H,1-5H3,(H,29,30)/t24-/m1/s1. The number of esters is 2.